The number of hydrogen-bond donors (Lipinski definition) is 2. The second-order valence-corrected chi connectivity index (χ2v) is 13.0. The number of carbonyl (C=O) groups excluding carboxylic acids is 3. The monoisotopic (exact) mass is 657 g/mol. The highest BCUT2D eigenvalue weighted by atomic mass is 35.5. The lowest BCUT2D eigenvalue weighted by molar-refractivity contribution is -0.142. The summed E-state index contributed by atoms with van der Waals surface area (Å²) in [6.45, 7) is 1.88. The van der Waals surface area contributed by atoms with E-state index in [1.165, 1.54) is 4.90 Å². The van der Waals surface area contributed by atoms with E-state index in [9.17, 15) is 32.7 Å². The Morgan fingerprint density at radius 3 is 2.43 bits per heavy atom. The Labute approximate surface area is 262 Å². The van der Waals surface area contributed by atoms with Crippen molar-refractivity contribution in [2.45, 2.75) is 63.0 Å². The quantitative estimate of drug-likeness (QED) is 0.441. The van der Waals surface area contributed by atoms with Crippen molar-refractivity contribution in [2.24, 2.45) is 0 Å². The lowest BCUT2D eigenvalue weighted by Gasteiger charge is -2.40. The third kappa shape index (κ3) is 7.02. The number of piperidine rings is 2. The summed E-state index contributed by atoms with van der Waals surface area (Å²) in [4.78, 5) is 47.6. The minimum atomic E-state index is -4.88. The fourth-order valence-electron chi connectivity index (χ4n) is 6.03. The fraction of sp³-hybridized carbons (Fsp3) is 0.552. The van der Waals surface area contributed by atoms with Crippen molar-refractivity contribution < 1.29 is 37.4 Å². The van der Waals surface area contributed by atoms with Gasteiger partial charge in [-0.15, -0.1) is 11.3 Å². The number of carbonyl (C=O) groups is 3. The summed E-state index contributed by atoms with van der Waals surface area (Å²) in [5.41, 5.74) is -0.517. The van der Waals surface area contributed by atoms with Gasteiger partial charge in [0.2, 0.25) is 0 Å². The number of rotatable bonds is 6. The Kier molecular flexibility index (Phi) is 9.52. The topological polar surface area (TPSA) is 106 Å². The maximum atomic E-state index is 13.7. The number of anilines is 1. The number of benzene rings is 1. The first-order valence-corrected chi connectivity index (χ1v) is 15.7. The number of halogens is 4. The molecule has 44 heavy (non-hydrogen) atoms. The first kappa shape index (κ1) is 32.2. The highest BCUT2D eigenvalue weighted by Crippen LogP contribution is 2.41. The molecule has 2 fully saturated rings. The van der Waals surface area contributed by atoms with Crippen LogP contribution in [0.3, 0.4) is 0 Å². The largest absolute Gasteiger partial charge is 0.506 e. The van der Waals surface area contributed by atoms with Crippen molar-refractivity contribution >= 4 is 46.7 Å². The number of aromatic hydroxyl groups is 1. The fourth-order valence-corrected chi connectivity index (χ4v) is 7.10. The predicted molar refractivity (Wildman–Crippen MR) is 159 cm³/mol. The van der Waals surface area contributed by atoms with Gasteiger partial charge in [0.05, 0.1) is 22.8 Å². The Balaban J connectivity index is 1.28. The number of ether oxygens (including phenoxy) is 1. The Bertz CT molecular complexity index is 1390. The first-order chi connectivity index (χ1) is 20.8. The van der Waals surface area contributed by atoms with E-state index in [1.807, 2.05) is 25.5 Å². The Morgan fingerprint density at radius 1 is 1.14 bits per heavy atom. The van der Waals surface area contributed by atoms with Crippen LogP contribution >= 0.6 is 22.9 Å². The summed E-state index contributed by atoms with van der Waals surface area (Å²) in [7, 11) is 3.92. The third-order valence-corrected chi connectivity index (χ3v) is 9.79. The van der Waals surface area contributed by atoms with Crippen molar-refractivity contribution in [3.05, 3.63) is 44.6 Å². The molecule has 4 amide bonds. The molecule has 3 aliphatic rings. The van der Waals surface area contributed by atoms with E-state index in [1.54, 1.807) is 21.1 Å². The van der Waals surface area contributed by atoms with Gasteiger partial charge in [-0.1, -0.05) is 11.6 Å². The van der Waals surface area contributed by atoms with Crippen LogP contribution in [-0.2, 0) is 28.7 Å². The minimum absolute atomic E-state index is 0.00258. The summed E-state index contributed by atoms with van der Waals surface area (Å²) in [5.74, 6) is -1.60. The molecule has 1 aromatic carbocycles. The number of phenols is 1. The normalized spacial score (nSPS) is 19.2. The van der Waals surface area contributed by atoms with Crippen LogP contribution < -0.4 is 5.32 Å². The van der Waals surface area contributed by atoms with E-state index >= 15 is 0 Å². The van der Waals surface area contributed by atoms with Gasteiger partial charge >= 0.3 is 18.3 Å². The summed E-state index contributed by atoms with van der Waals surface area (Å²) in [6.07, 6.45) is -4.98. The zero-order chi connectivity index (χ0) is 31.8. The van der Waals surface area contributed by atoms with Gasteiger partial charge in [-0.05, 0) is 68.9 Å². The van der Waals surface area contributed by atoms with E-state index in [0.29, 0.717) is 45.3 Å². The summed E-state index contributed by atoms with van der Waals surface area (Å²) < 4.78 is 46.5. The molecule has 4 heterocycles. The van der Waals surface area contributed by atoms with Crippen LogP contribution in [0.15, 0.2) is 23.6 Å². The smallest absolute Gasteiger partial charge is 0.420 e. The van der Waals surface area contributed by atoms with E-state index < -0.39 is 40.6 Å². The SMILES string of the molecule is CN(C)C1CCN(C(=O)[C@@H](Cc2cc(Cl)c(O)c(C(F)(F)F)c2)OC(=O)N2CCC(N3Cc4sccc4NC3=O)CC2)CC1. The molecule has 2 aromatic rings. The molecule has 1 atom stereocenters. The molecular formula is C29H35ClF3N5O5S. The summed E-state index contributed by atoms with van der Waals surface area (Å²) in [6, 6.07) is 3.73. The molecule has 0 saturated carbocycles. The minimum Gasteiger partial charge on any atom is -0.506 e. The van der Waals surface area contributed by atoms with Crippen LogP contribution in [0, 0.1) is 0 Å². The average molecular weight is 658 g/mol. The summed E-state index contributed by atoms with van der Waals surface area (Å²) >= 11 is 7.49. The van der Waals surface area contributed by atoms with E-state index in [2.05, 4.69) is 10.2 Å². The van der Waals surface area contributed by atoms with Crippen LogP contribution in [0.25, 0.3) is 0 Å². The second kappa shape index (κ2) is 13.0. The zero-order valence-electron chi connectivity index (χ0n) is 24.4. The molecule has 10 nitrogen and oxygen atoms in total. The predicted octanol–water partition coefficient (Wildman–Crippen LogP) is 5.24. The van der Waals surface area contributed by atoms with Crippen molar-refractivity contribution in [1.82, 2.24) is 19.6 Å². The number of phenolic OH excluding ortho intramolecular Hbond substituents is 1. The molecule has 0 aliphatic carbocycles. The number of fused-ring (bicyclic) bond motifs is 1. The highest BCUT2D eigenvalue weighted by molar-refractivity contribution is 7.10. The maximum Gasteiger partial charge on any atom is 0.420 e. The lowest BCUT2D eigenvalue weighted by Crippen LogP contribution is -2.52. The van der Waals surface area contributed by atoms with Crippen molar-refractivity contribution in [3.8, 4) is 5.75 Å². The molecule has 2 saturated heterocycles. The van der Waals surface area contributed by atoms with Gasteiger partial charge in [0.15, 0.2) is 6.10 Å². The molecule has 0 unspecified atom stereocenters. The van der Waals surface area contributed by atoms with Crippen LogP contribution in [-0.4, -0.2) is 101 Å². The Hall–Kier alpha value is -3.23. The van der Waals surface area contributed by atoms with Crippen LogP contribution in [0.4, 0.5) is 28.4 Å². The number of thiophene rings is 1. The number of hydrogen-bond acceptors (Lipinski definition) is 7. The maximum absolute atomic E-state index is 13.7. The number of urea groups is 1. The molecule has 240 valence electrons. The van der Waals surface area contributed by atoms with Gasteiger partial charge in [0, 0.05) is 49.6 Å². The van der Waals surface area contributed by atoms with Crippen LogP contribution in [0.5, 0.6) is 5.75 Å². The van der Waals surface area contributed by atoms with Crippen molar-refractivity contribution in [2.75, 3.05) is 45.6 Å². The van der Waals surface area contributed by atoms with Gasteiger partial charge < -0.3 is 34.8 Å². The van der Waals surface area contributed by atoms with Crippen molar-refractivity contribution in [1.29, 1.82) is 0 Å². The first-order valence-electron chi connectivity index (χ1n) is 14.4. The Morgan fingerprint density at radius 2 is 1.80 bits per heavy atom. The molecule has 15 heteroatoms. The molecule has 5 rings (SSSR count). The van der Waals surface area contributed by atoms with Gasteiger partial charge in [-0.25, -0.2) is 9.59 Å². The highest BCUT2D eigenvalue weighted by Gasteiger charge is 2.38. The summed E-state index contributed by atoms with van der Waals surface area (Å²) in [5, 5.41) is 14.2. The van der Waals surface area contributed by atoms with Crippen LogP contribution in [0.2, 0.25) is 5.02 Å². The standard InChI is InChI=1S/C29H35ClF3N5O5S/c1-35(2)18-3-8-36(9-4-18)26(40)23(15-17-13-20(29(31,32)33)25(39)21(30)14-17)43-28(42)37-10-5-19(6-11-37)38-16-24-22(7-12-44-24)34-27(38)41/h7,12-14,18-19,23,39H,3-6,8-11,15-16H2,1-2H3,(H,34,41)/t23-/m1/s1. The molecule has 3 aliphatic heterocycles. The number of alkyl halides is 3. The third-order valence-electron chi connectivity index (χ3n) is 8.60. The van der Waals surface area contributed by atoms with E-state index in [0.717, 1.165) is 22.7 Å². The van der Waals surface area contributed by atoms with Crippen molar-refractivity contribution in [3.63, 3.8) is 0 Å². The number of amides is 4. The number of nitrogens with one attached hydrogen (secondary N) is 1. The average Bonchev–Trinajstić information content (AvgIpc) is 3.44. The van der Waals surface area contributed by atoms with Crippen LogP contribution in [0.1, 0.15) is 41.7 Å². The van der Waals surface area contributed by atoms with Gasteiger partial charge in [-0.2, -0.15) is 13.2 Å². The zero-order valence-corrected chi connectivity index (χ0v) is 26.0. The molecule has 2 N–H and O–H groups in total. The molecule has 0 bridgehead atoms. The lowest BCUT2D eigenvalue weighted by atomic mass is 10.0. The molecule has 0 spiro atoms. The van der Waals surface area contributed by atoms with E-state index in [-0.39, 0.29) is 43.2 Å². The molecule has 1 aromatic heterocycles. The number of likely N-dealkylation sites (tertiary alicyclic amines) is 2. The van der Waals surface area contributed by atoms with Gasteiger partial charge in [0.25, 0.3) is 5.91 Å². The van der Waals surface area contributed by atoms with Gasteiger partial charge in [0.1, 0.15) is 5.75 Å². The van der Waals surface area contributed by atoms with E-state index in [4.69, 9.17) is 16.3 Å². The molecule has 0 radical (unpaired) electrons. The second-order valence-electron chi connectivity index (χ2n) is 11.6. The number of nitrogens with zero attached hydrogens (tertiary/aromatic N) is 4. The van der Waals surface area contributed by atoms with Gasteiger partial charge in [-0.3, -0.25) is 4.79 Å². The molecular weight excluding hydrogens is 623 g/mol.